The van der Waals surface area contributed by atoms with Crippen molar-refractivity contribution in [1.29, 1.82) is 0 Å². The Labute approximate surface area is 195 Å². The number of rotatable bonds is 7. The maximum absolute atomic E-state index is 12.9. The van der Waals surface area contributed by atoms with Crippen LogP contribution in [-0.2, 0) is 9.59 Å². The first-order chi connectivity index (χ1) is 16.4. The minimum atomic E-state index is -1.04. The lowest BCUT2D eigenvalue weighted by molar-refractivity contribution is -0.118. The van der Waals surface area contributed by atoms with Crippen LogP contribution >= 0.6 is 0 Å². The Balaban J connectivity index is 1.39. The molecule has 0 fully saturated rings. The number of carbonyl (C=O) groups excluding carboxylic acids is 2. The van der Waals surface area contributed by atoms with Crippen LogP contribution in [0, 0.1) is 0 Å². The fourth-order valence-electron chi connectivity index (χ4n) is 3.30. The zero-order chi connectivity index (χ0) is 24.1. The number of aromatic carboxylic acids is 1. The quantitative estimate of drug-likeness (QED) is 0.519. The SMILES string of the molecule is CC1=NN(c2ccc(C(=O)O)cc2)C(=O)/C1=C\c1ccc(OCC(=O)Nc2ccccc2)cc1. The van der Waals surface area contributed by atoms with Gasteiger partial charge in [0.05, 0.1) is 22.5 Å². The Morgan fingerprint density at radius 2 is 1.68 bits per heavy atom. The second kappa shape index (κ2) is 9.83. The molecule has 0 radical (unpaired) electrons. The van der Waals surface area contributed by atoms with Gasteiger partial charge in [-0.3, -0.25) is 9.59 Å². The summed E-state index contributed by atoms with van der Waals surface area (Å²) in [5.74, 6) is -1.09. The summed E-state index contributed by atoms with van der Waals surface area (Å²) in [6.07, 6.45) is 1.72. The van der Waals surface area contributed by atoms with Gasteiger partial charge in [-0.1, -0.05) is 30.3 Å². The molecule has 1 aliphatic rings. The number of benzene rings is 3. The van der Waals surface area contributed by atoms with E-state index in [0.717, 1.165) is 5.56 Å². The van der Waals surface area contributed by atoms with Crippen LogP contribution in [0.4, 0.5) is 11.4 Å². The van der Waals surface area contributed by atoms with E-state index in [-0.39, 0.29) is 24.0 Å². The number of nitrogens with zero attached hydrogens (tertiary/aromatic N) is 2. The van der Waals surface area contributed by atoms with E-state index >= 15 is 0 Å². The van der Waals surface area contributed by atoms with Crippen molar-refractivity contribution in [2.24, 2.45) is 5.10 Å². The van der Waals surface area contributed by atoms with Crippen LogP contribution in [0.15, 0.2) is 89.5 Å². The third kappa shape index (κ3) is 5.18. The van der Waals surface area contributed by atoms with Gasteiger partial charge in [-0.2, -0.15) is 10.1 Å². The van der Waals surface area contributed by atoms with E-state index in [1.165, 1.54) is 17.1 Å². The van der Waals surface area contributed by atoms with Crippen molar-refractivity contribution < 1.29 is 24.2 Å². The van der Waals surface area contributed by atoms with E-state index in [0.29, 0.717) is 28.4 Å². The van der Waals surface area contributed by atoms with Crippen molar-refractivity contribution in [2.75, 3.05) is 16.9 Å². The summed E-state index contributed by atoms with van der Waals surface area (Å²) >= 11 is 0. The number of nitrogens with one attached hydrogen (secondary N) is 1. The first-order valence-corrected chi connectivity index (χ1v) is 10.4. The first-order valence-electron chi connectivity index (χ1n) is 10.4. The van der Waals surface area contributed by atoms with Crippen LogP contribution in [0.1, 0.15) is 22.8 Å². The van der Waals surface area contributed by atoms with Crippen molar-refractivity contribution in [3.05, 3.63) is 95.6 Å². The van der Waals surface area contributed by atoms with Gasteiger partial charge < -0.3 is 15.2 Å². The van der Waals surface area contributed by atoms with Crippen LogP contribution < -0.4 is 15.1 Å². The molecule has 0 spiro atoms. The maximum Gasteiger partial charge on any atom is 0.335 e. The monoisotopic (exact) mass is 455 g/mol. The molecule has 170 valence electrons. The molecule has 3 aromatic carbocycles. The lowest BCUT2D eigenvalue weighted by atomic mass is 10.1. The zero-order valence-electron chi connectivity index (χ0n) is 18.3. The molecule has 0 atom stereocenters. The van der Waals surface area contributed by atoms with Crippen LogP contribution in [0.2, 0.25) is 0 Å². The molecule has 2 N–H and O–H groups in total. The highest BCUT2D eigenvalue weighted by atomic mass is 16.5. The molecular weight excluding hydrogens is 434 g/mol. The third-order valence-corrected chi connectivity index (χ3v) is 5.04. The topological polar surface area (TPSA) is 108 Å². The van der Waals surface area contributed by atoms with Crippen LogP contribution in [0.5, 0.6) is 5.75 Å². The Morgan fingerprint density at radius 1 is 1.00 bits per heavy atom. The lowest BCUT2D eigenvalue weighted by Gasteiger charge is -2.11. The van der Waals surface area contributed by atoms with E-state index in [2.05, 4.69) is 10.4 Å². The van der Waals surface area contributed by atoms with Gasteiger partial charge in [0.25, 0.3) is 11.8 Å². The molecule has 2 amide bonds. The van der Waals surface area contributed by atoms with Gasteiger partial charge >= 0.3 is 5.97 Å². The molecule has 0 bridgehead atoms. The van der Waals surface area contributed by atoms with E-state index in [1.807, 2.05) is 18.2 Å². The third-order valence-electron chi connectivity index (χ3n) is 5.04. The van der Waals surface area contributed by atoms with Gasteiger partial charge in [-0.25, -0.2) is 4.79 Å². The van der Waals surface area contributed by atoms with Crippen LogP contribution in [0.25, 0.3) is 6.08 Å². The number of carboxylic acid groups (broad SMARTS) is 1. The summed E-state index contributed by atoms with van der Waals surface area (Å²) in [5, 5.41) is 17.3. The summed E-state index contributed by atoms with van der Waals surface area (Å²) in [6, 6.07) is 22.1. The Kier molecular flexibility index (Phi) is 6.49. The van der Waals surface area contributed by atoms with Gasteiger partial charge in [-0.15, -0.1) is 0 Å². The molecule has 34 heavy (non-hydrogen) atoms. The number of para-hydroxylation sites is 1. The molecule has 1 aliphatic heterocycles. The van der Waals surface area contributed by atoms with Crippen molar-refractivity contribution in [2.45, 2.75) is 6.92 Å². The van der Waals surface area contributed by atoms with Crippen LogP contribution in [-0.4, -0.2) is 35.2 Å². The van der Waals surface area contributed by atoms with E-state index < -0.39 is 5.97 Å². The lowest BCUT2D eigenvalue weighted by Crippen LogP contribution is -2.21. The highest BCUT2D eigenvalue weighted by Gasteiger charge is 2.28. The van der Waals surface area contributed by atoms with Crippen molar-refractivity contribution in [3.8, 4) is 5.75 Å². The molecule has 0 saturated heterocycles. The smallest absolute Gasteiger partial charge is 0.335 e. The second-order valence-electron chi connectivity index (χ2n) is 7.48. The number of amides is 2. The number of carbonyl (C=O) groups is 3. The zero-order valence-corrected chi connectivity index (χ0v) is 18.3. The van der Waals surface area contributed by atoms with Crippen molar-refractivity contribution >= 4 is 40.9 Å². The van der Waals surface area contributed by atoms with Gasteiger partial charge in [-0.05, 0) is 67.1 Å². The van der Waals surface area contributed by atoms with E-state index in [1.54, 1.807) is 61.5 Å². The molecule has 4 rings (SSSR count). The van der Waals surface area contributed by atoms with Crippen LogP contribution in [0.3, 0.4) is 0 Å². The fourth-order valence-corrected chi connectivity index (χ4v) is 3.30. The first kappa shape index (κ1) is 22.5. The predicted octanol–water partition coefficient (Wildman–Crippen LogP) is 4.21. The number of carboxylic acids is 1. The molecular formula is C26H21N3O5. The summed E-state index contributed by atoms with van der Waals surface area (Å²) in [4.78, 5) is 35.9. The summed E-state index contributed by atoms with van der Waals surface area (Å²) < 4.78 is 5.54. The molecule has 0 unspecified atom stereocenters. The van der Waals surface area contributed by atoms with Gasteiger partial charge in [0.2, 0.25) is 0 Å². The average molecular weight is 455 g/mol. The maximum atomic E-state index is 12.9. The Morgan fingerprint density at radius 3 is 2.32 bits per heavy atom. The molecule has 8 heteroatoms. The fraction of sp³-hybridized carbons (Fsp3) is 0.0769. The second-order valence-corrected chi connectivity index (χ2v) is 7.48. The largest absolute Gasteiger partial charge is 0.484 e. The number of hydrogen-bond donors (Lipinski definition) is 2. The van der Waals surface area contributed by atoms with E-state index in [9.17, 15) is 14.4 Å². The van der Waals surface area contributed by atoms with Gasteiger partial charge in [0, 0.05) is 5.69 Å². The Bertz CT molecular complexity index is 1280. The highest BCUT2D eigenvalue weighted by Crippen LogP contribution is 2.26. The summed E-state index contributed by atoms with van der Waals surface area (Å²) in [5.41, 5.74) is 3.05. The molecule has 0 aliphatic carbocycles. The molecule has 0 aromatic heterocycles. The van der Waals surface area contributed by atoms with Crippen molar-refractivity contribution in [1.82, 2.24) is 0 Å². The van der Waals surface area contributed by atoms with Gasteiger partial charge in [0.1, 0.15) is 5.75 Å². The number of ether oxygens (including phenoxy) is 1. The average Bonchev–Trinajstić information content (AvgIpc) is 3.12. The number of anilines is 2. The molecule has 1 heterocycles. The normalized spacial score (nSPS) is 14.1. The van der Waals surface area contributed by atoms with Gasteiger partial charge in [0.15, 0.2) is 6.61 Å². The standard InChI is InChI=1S/C26H21N3O5/c1-17-23(25(31)29(28-17)21-11-9-19(10-12-21)26(32)33)15-18-7-13-22(14-8-18)34-16-24(30)27-20-5-3-2-4-6-20/h2-15H,16H2,1H3,(H,27,30)(H,32,33)/b23-15-. The molecule has 3 aromatic rings. The number of hydrazone groups is 1. The Hall–Kier alpha value is -4.72. The minimum Gasteiger partial charge on any atom is -0.484 e. The molecule has 0 saturated carbocycles. The minimum absolute atomic E-state index is 0.130. The summed E-state index contributed by atoms with van der Waals surface area (Å²) in [7, 11) is 0. The molecule has 8 nitrogen and oxygen atoms in total. The predicted molar refractivity (Wildman–Crippen MR) is 129 cm³/mol. The highest BCUT2D eigenvalue weighted by molar-refractivity contribution is 6.32. The van der Waals surface area contributed by atoms with E-state index in [4.69, 9.17) is 9.84 Å². The summed E-state index contributed by atoms with van der Waals surface area (Å²) in [6.45, 7) is 1.60. The number of hydrogen-bond acceptors (Lipinski definition) is 5. The van der Waals surface area contributed by atoms with Crippen molar-refractivity contribution in [3.63, 3.8) is 0 Å².